The van der Waals surface area contributed by atoms with E-state index in [2.05, 4.69) is 4.98 Å². The zero-order valence-corrected chi connectivity index (χ0v) is 12.6. The number of nitrogens with zero attached hydrogens (tertiary/aromatic N) is 1. The standard InChI is InChI=1S/C14H17ClF3NO2/c1-3-12(2)8-13(20,6-7-21-12)9-4-5-10(14(16,17)18)19-11(9)15/h4-5,20H,3,6-8H2,1-2H3. The van der Waals surface area contributed by atoms with Crippen molar-refractivity contribution in [1.29, 1.82) is 0 Å². The maximum atomic E-state index is 12.6. The molecular weight excluding hydrogens is 307 g/mol. The lowest BCUT2D eigenvalue weighted by molar-refractivity contribution is -0.158. The van der Waals surface area contributed by atoms with Crippen LogP contribution in [0.1, 0.15) is 44.4 Å². The molecule has 1 aromatic heterocycles. The molecule has 3 nitrogen and oxygen atoms in total. The van der Waals surface area contributed by atoms with E-state index in [-0.39, 0.29) is 23.6 Å². The molecular formula is C14H17ClF3NO2. The lowest BCUT2D eigenvalue weighted by Gasteiger charge is -2.43. The Hall–Kier alpha value is -0.850. The van der Waals surface area contributed by atoms with Gasteiger partial charge in [0.15, 0.2) is 0 Å². The molecule has 0 bridgehead atoms. The van der Waals surface area contributed by atoms with E-state index < -0.39 is 23.1 Å². The average Bonchev–Trinajstić information content (AvgIpc) is 2.37. The van der Waals surface area contributed by atoms with Crippen LogP contribution in [0.15, 0.2) is 12.1 Å². The third-order valence-electron chi connectivity index (χ3n) is 4.02. The fourth-order valence-electron chi connectivity index (χ4n) is 2.62. The molecule has 2 heterocycles. The number of halogens is 4. The molecule has 0 radical (unpaired) electrons. The van der Waals surface area contributed by atoms with Gasteiger partial charge in [-0.3, -0.25) is 0 Å². The second-order valence-electron chi connectivity index (χ2n) is 5.64. The van der Waals surface area contributed by atoms with Crippen LogP contribution >= 0.6 is 11.6 Å². The summed E-state index contributed by atoms with van der Waals surface area (Å²) in [5, 5.41) is 10.5. The highest BCUT2D eigenvalue weighted by molar-refractivity contribution is 6.30. The van der Waals surface area contributed by atoms with Crippen molar-refractivity contribution in [2.45, 2.75) is 50.5 Å². The third-order valence-corrected chi connectivity index (χ3v) is 4.31. The van der Waals surface area contributed by atoms with Crippen molar-refractivity contribution in [3.8, 4) is 0 Å². The molecule has 2 rings (SSSR count). The minimum atomic E-state index is -4.56. The third kappa shape index (κ3) is 3.33. The minimum Gasteiger partial charge on any atom is -0.385 e. The molecule has 0 saturated carbocycles. The largest absolute Gasteiger partial charge is 0.433 e. The number of hydrogen-bond acceptors (Lipinski definition) is 3. The topological polar surface area (TPSA) is 42.4 Å². The zero-order chi connectivity index (χ0) is 15.9. The molecule has 0 amide bonds. The normalized spacial score (nSPS) is 30.4. The van der Waals surface area contributed by atoms with Crippen molar-refractivity contribution < 1.29 is 23.0 Å². The number of aliphatic hydroxyl groups is 1. The molecule has 21 heavy (non-hydrogen) atoms. The molecule has 1 N–H and O–H groups in total. The van der Waals surface area contributed by atoms with Crippen molar-refractivity contribution >= 4 is 11.6 Å². The minimum absolute atomic E-state index is 0.222. The molecule has 1 aromatic rings. The lowest BCUT2D eigenvalue weighted by Crippen LogP contribution is -2.45. The number of alkyl halides is 3. The zero-order valence-electron chi connectivity index (χ0n) is 11.8. The maximum absolute atomic E-state index is 12.6. The van der Waals surface area contributed by atoms with Gasteiger partial charge in [-0.15, -0.1) is 0 Å². The van der Waals surface area contributed by atoms with Gasteiger partial charge < -0.3 is 9.84 Å². The summed E-state index contributed by atoms with van der Waals surface area (Å²) in [6.07, 6.45) is -3.34. The number of pyridine rings is 1. The van der Waals surface area contributed by atoms with Gasteiger partial charge in [-0.05, 0) is 19.4 Å². The van der Waals surface area contributed by atoms with Crippen molar-refractivity contribution in [3.63, 3.8) is 0 Å². The molecule has 1 aliphatic heterocycles. The Bertz CT molecular complexity index is 537. The Kier molecular flexibility index (Phi) is 4.26. The Morgan fingerprint density at radius 3 is 2.62 bits per heavy atom. The van der Waals surface area contributed by atoms with Crippen LogP contribution in [0.3, 0.4) is 0 Å². The molecule has 2 atom stereocenters. The first kappa shape index (κ1) is 16.5. The molecule has 118 valence electrons. The first-order chi connectivity index (χ1) is 9.60. The highest BCUT2D eigenvalue weighted by Gasteiger charge is 2.44. The molecule has 0 aliphatic carbocycles. The molecule has 2 unspecified atom stereocenters. The van der Waals surface area contributed by atoms with E-state index in [9.17, 15) is 18.3 Å². The van der Waals surface area contributed by atoms with E-state index in [1.807, 2.05) is 13.8 Å². The molecule has 0 aromatic carbocycles. The summed E-state index contributed by atoms with van der Waals surface area (Å²) in [7, 11) is 0. The van der Waals surface area contributed by atoms with Gasteiger partial charge in [0.1, 0.15) is 10.8 Å². The van der Waals surface area contributed by atoms with Gasteiger partial charge in [0.2, 0.25) is 0 Å². The second kappa shape index (κ2) is 5.41. The van der Waals surface area contributed by atoms with E-state index >= 15 is 0 Å². The Balaban J connectivity index is 2.37. The summed E-state index contributed by atoms with van der Waals surface area (Å²) in [5.41, 5.74) is -2.69. The number of hydrogen-bond donors (Lipinski definition) is 1. The van der Waals surface area contributed by atoms with Crippen LogP contribution in [0.2, 0.25) is 5.15 Å². The summed E-state index contributed by atoms with van der Waals surface area (Å²) in [6.45, 7) is 4.11. The second-order valence-corrected chi connectivity index (χ2v) is 6.00. The highest BCUT2D eigenvalue weighted by atomic mass is 35.5. The van der Waals surface area contributed by atoms with E-state index in [4.69, 9.17) is 16.3 Å². The average molecular weight is 324 g/mol. The van der Waals surface area contributed by atoms with Crippen molar-refractivity contribution in [2.75, 3.05) is 6.61 Å². The summed E-state index contributed by atoms with van der Waals surface area (Å²) >= 11 is 5.88. The maximum Gasteiger partial charge on any atom is 0.433 e. The Morgan fingerprint density at radius 1 is 1.43 bits per heavy atom. The first-order valence-corrected chi connectivity index (χ1v) is 7.08. The lowest BCUT2D eigenvalue weighted by atomic mass is 9.78. The van der Waals surface area contributed by atoms with Crippen molar-refractivity contribution in [1.82, 2.24) is 4.98 Å². The van der Waals surface area contributed by atoms with E-state index in [1.54, 1.807) is 0 Å². The van der Waals surface area contributed by atoms with Gasteiger partial charge in [-0.1, -0.05) is 24.6 Å². The fourth-order valence-corrected chi connectivity index (χ4v) is 2.95. The fraction of sp³-hybridized carbons (Fsp3) is 0.643. The van der Waals surface area contributed by atoms with Gasteiger partial charge >= 0.3 is 6.18 Å². The van der Waals surface area contributed by atoms with Gasteiger partial charge in [0.05, 0.1) is 17.8 Å². The molecule has 1 saturated heterocycles. The summed E-state index contributed by atoms with van der Waals surface area (Å²) < 4.78 is 43.5. The van der Waals surface area contributed by atoms with E-state index in [0.717, 1.165) is 6.07 Å². The molecule has 1 fully saturated rings. The van der Waals surface area contributed by atoms with Gasteiger partial charge in [0, 0.05) is 18.4 Å². The van der Waals surface area contributed by atoms with Crippen LogP contribution in [-0.2, 0) is 16.5 Å². The van der Waals surface area contributed by atoms with Gasteiger partial charge in [-0.2, -0.15) is 13.2 Å². The van der Waals surface area contributed by atoms with Crippen LogP contribution in [0, 0.1) is 0 Å². The summed E-state index contributed by atoms with van der Waals surface area (Å²) in [6, 6.07) is 2.05. The van der Waals surface area contributed by atoms with Crippen LogP contribution in [0.25, 0.3) is 0 Å². The predicted octanol–water partition coefficient (Wildman–Crippen LogP) is 3.92. The van der Waals surface area contributed by atoms with E-state index in [1.165, 1.54) is 6.07 Å². The number of ether oxygens (including phenoxy) is 1. The van der Waals surface area contributed by atoms with Gasteiger partial charge in [0.25, 0.3) is 0 Å². The SMILES string of the molecule is CCC1(C)CC(O)(c2ccc(C(F)(F)F)nc2Cl)CCO1. The molecule has 0 spiro atoms. The quantitative estimate of drug-likeness (QED) is 0.839. The predicted molar refractivity (Wildman–Crippen MR) is 72.0 cm³/mol. The van der Waals surface area contributed by atoms with Crippen molar-refractivity contribution in [2.24, 2.45) is 0 Å². The summed E-state index contributed by atoms with van der Waals surface area (Å²) in [5.74, 6) is 0. The smallest absolute Gasteiger partial charge is 0.385 e. The van der Waals surface area contributed by atoms with Crippen LogP contribution < -0.4 is 0 Å². The number of aromatic nitrogens is 1. The Labute approximate surface area is 126 Å². The highest BCUT2D eigenvalue weighted by Crippen LogP contribution is 2.43. The van der Waals surface area contributed by atoms with Crippen LogP contribution in [-0.4, -0.2) is 22.3 Å². The monoisotopic (exact) mass is 323 g/mol. The number of rotatable bonds is 2. The van der Waals surface area contributed by atoms with E-state index in [0.29, 0.717) is 13.0 Å². The Morgan fingerprint density at radius 2 is 2.10 bits per heavy atom. The summed E-state index contributed by atoms with van der Waals surface area (Å²) in [4.78, 5) is 3.38. The first-order valence-electron chi connectivity index (χ1n) is 6.70. The van der Waals surface area contributed by atoms with Gasteiger partial charge in [-0.25, -0.2) is 4.98 Å². The van der Waals surface area contributed by atoms with Crippen LogP contribution in [0.5, 0.6) is 0 Å². The van der Waals surface area contributed by atoms with Crippen LogP contribution in [0.4, 0.5) is 13.2 Å². The molecule has 7 heteroatoms. The van der Waals surface area contributed by atoms with Crippen molar-refractivity contribution in [3.05, 3.63) is 28.5 Å². The molecule has 1 aliphatic rings.